The number of β-amino-alcohol motifs (C(OH)–C–C–N with tert-alkyl or cyclic N) is 1. The first-order chi connectivity index (χ1) is 6.77. The second-order valence-electron chi connectivity index (χ2n) is 4.71. The van der Waals surface area contributed by atoms with E-state index in [2.05, 4.69) is 4.90 Å². The first-order valence-electron chi connectivity index (χ1n) is 5.87. The van der Waals surface area contributed by atoms with E-state index in [9.17, 15) is 10.2 Å². The lowest BCUT2D eigenvalue weighted by atomic mass is 9.90. The predicted molar refractivity (Wildman–Crippen MR) is 55.1 cm³/mol. The van der Waals surface area contributed by atoms with Crippen molar-refractivity contribution in [2.75, 3.05) is 13.1 Å². The van der Waals surface area contributed by atoms with Gasteiger partial charge in [-0.15, -0.1) is 0 Å². The largest absolute Gasteiger partial charge is 0.392 e. The molecule has 2 rings (SSSR count). The maximum Gasteiger partial charge on any atom is 0.0695 e. The molecule has 1 saturated heterocycles. The van der Waals surface area contributed by atoms with Crippen LogP contribution in [0.25, 0.3) is 0 Å². The van der Waals surface area contributed by atoms with Crippen LogP contribution in [0.3, 0.4) is 0 Å². The average Bonchev–Trinajstić information content (AvgIpc) is 2.18. The first-order valence-corrected chi connectivity index (χ1v) is 5.87. The zero-order valence-corrected chi connectivity index (χ0v) is 8.73. The summed E-state index contributed by atoms with van der Waals surface area (Å²) in [6, 6.07) is 0.318. The van der Waals surface area contributed by atoms with Crippen molar-refractivity contribution in [1.29, 1.82) is 0 Å². The van der Waals surface area contributed by atoms with E-state index in [1.165, 1.54) is 6.42 Å². The van der Waals surface area contributed by atoms with E-state index < -0.39 is 0 Å². The molecule has 0 amide bonds. The van der Waals surface area contributed by atoms with Crippen LogP contribution in [0.4, 0.5) is 0 Å². The van der Waals surface area contributed by atoms with Gasteiger partial charge in [0.05, 0.1) is 12.2 Å². The fraction of sp³-hybridized carbons (Fsp3) is 1.00. The summed E-state index contributed by atoms with van der Waals surface area (Å²) >= 11 is 0. The van der Waals surface area contributed by atoms with Gasteiger partial charge < -0.3 is 10.2 Å². The number of aliphatic hydroxyl groups excluding tert-OH is 2. The molecule has 0 radical (unpaired) electrons. The van der Waals surface area contributed by atoms with Gasteiger partial charge in [0.2, 0.25) is 0 Å². The molecule has 0 aromatic heterocycles. The number of rotatable bonds is 1. The summed E-state index contributed by atoms with van der Waals surface area (Å²) in [6.07, 6.45) is 6.11. The molecule has 1 unspecified atom stereocenters. The highest BCUT2D eigenvalue weighted by Gasteiger charge is 2.31. The van der Waals surface area contributed by atoms with Gasteiger partial charge in [0.1, 0.15) is 0 Å². The lowest BCUT2D eigenvalue weighted by Crippen LogP contribution is -2.50. The number of aliphatic hydroxyl groups is 2. The molecule has 2 fully saturated rings. The lowest BCUT2D eigenvalue weighted by molar-refractivity contribution is -0.0206. The van der Waals surface area contributed by atoms with Gasteiger partial charge in [-0.25, -0.2) is 0 Å². The highest BCUT2D eigenvalue weighted by molar-refractivity contribution is 4.86. The molecule has 3 nitrogen and oxygen atoms in total. The molecule has 0 aromatic rings. The molecule has 2 N–H and O–H groups in total. The summed E-state index contributed by atoms with van der Waals surface area (Å²) in [4.78, 5) is 2.29. The quantitative estimate of drug-likeness (QED) is 0.655. The Morgan fingerprint density at radius 2 is 1.71 bits per heavy atom. The van der Waals surface area contributed by atoms with Crippen molar-refractivity contribution in [1.82, 2.24) is 4.90 Å². The fourth-order valence-corrected chi connectivity index (χ4v) is 2.80. The molecular weight excluding hydrogens is 178 g/mol. The van der Waals surface area contributed by atoms with Gasteiger partial charge in [-0.3, -0.25) is 4.90 Å². The highest BCUT2D eigenvalue weighted by atomic mass is 16.3. The molecule has 14 heavy (non-hydrogen) atoms. The molecule has 1 heterocycles. The van der Waals surface area contributed by atoms with Gasteiger partial charge >= 0.3 is 0 Å². The van der Waals surface area contributed by atoms with E-state index in [1.54, 1.807) is 0 Å². The Morgan fingerprint density at radius 3 is 2.43 bits per heavy atom. The molecular formula is C11H21NO2. The monoisotopic (exact) mass is 199 g/mol. The minimum absolute atomic E-state index is 0.158. The van der Waals surface area contributed by atoms with E-state index in [1.807, 2.05) is 0 Å². The lowest BCUT2D eigenvalue weighted by Gasteiger charge is -2.41. The van der Waals surface area contributed by atoms with Crippen LogP contribution in [-0.4, -0.2) is 46.5 Å². The third kappa shape index (κ3) is 2.27. The Bertz CT molecular complexity index is 186. The number of nitrogens with zero attached hydrogens (tertiary/aromatic N) is 1. The molecule has 82 valence electrons. The van der Waals surface area contributed by atoms with E-state index in [4.69, 9.17) is 0 Å². The molecule has 0 spiro atoms. The summed E-state index contributed by atoms with van der Waals surface area (Å²) in [5.41, 5.74) is 0. The van der Waals surface area contributed by atoms with Crippen LogP contribution >= 0.6 is 0 Å². The summed E-state index contributed by atoms with van der Waals surface area (Å²) in [5, 5.41) is 19.5. The van der Waals surface area contributed by atoms with E-state index in [-0.39, 0.29) is 12.2 Å². The maximum atomic E-state index is 9.88. The minimum Gasteiger partial charge on any atom is -0.392 e. The van der Waals surface area contributed by atoms with E-state index in [0.29, 0.717) is 6.04 Å². The van der Waals surface area contributed by atoms with Crippen molar-refractivity contribution < 1.29 is 10.2 Å². The Morgan fingerprint density at radius 1 is 0.929 bits per heavy atom. The van der Waals surface area contributed by atoms with Gasteiger partial charge in [-0.2, -0.15) is 0 Å². The van der Waals surface area contributed by atoms with Crippen LogP contribution in [-0.2, 0) is 0 Å². The van der Waals surface area contributed by atoms with Crippen LogP contribution < -0.4 is 0 Å². The topological polar surface area (TPSA) is 43.7 Å². The van der Waals surface area contributed by atoms with Crippen molar-refractivity contribution in [2.45, 2.75) is 56.8 Å². The minimum atomic E-state index is -0.169. The van der Waals surface area contributed by atoms with Crippen molar-refractivity contribution in [3.63, 3.8) is 0 Å². The summed E-state index contributed by atoms with van der Waals surface area (Å²) in [6.45, 7) is 1.82. The Hall–Kier alpha value is -0.120. The fourth-order valence-electron chi connectivity index (χ4n) is 2.80. The van der Waals surface area contributed by atoms with Crippen molar-refractivity contribution in [2.24, 2.45) is 0 Å². The van der Waals surface area contributed by atoms with Gasteiger partial charge in [0.25, 0.3) is 0 Å². The summed E-state index contributed by atoms with van der Waals surface area (Å²) < 4.78 is 0. The van der Waals surface area contributed by atoms with Crippen molar-refractivity contribution in [3.05, 3.63) is 0 Å². The van der Waals surface area contributed by atoms with Crippen LogP contribution in [0.2, 0.25) is 0 Å². The predicted octanol–water partition coefficient (Wildman–Crippen LogP) is 0.747. The molecule has 1 aliphatic carbocycles. The zero-order valence-electron chi connectivity index (χ0n) is 8.73. The van der Waals surface area contributed by atoms with Crippen LogP contribution in [0.5, 0.6) is 0 Å². The van der Waals surface area contributed by atoms with E-state index in [0.717, 1.165) is 45.2 Å². The molecule has 0 bridgehead atoms. The first kappa shape index (κ1) is 10.4. The second kappa shape index (κ2) is 4.60. The maximum absolute atomic E-state index is 9.88. The van der Waals surface area contributed by atoms with Gasteiger partial charge in [-0.05, 0) is 32.2 Å². The Balaban J connectivity index is 1.91. The molecule has 2 aliphatic rings. The molecule has 3 heteroatoms. The number of likely N-dealkylation sites (tertiary alicyclic amines) is 1. The van der Waals surface area contributed by atoms with Gasteiger partial charge in [0, 0.05) is 12.6 Å². The normalized spacial score (nSPS) is 41.1. The van der Waals surface area contributed by atoms with Crippen LogP contribution in [0.1, 0.15) is 38.5 Å². The highest BCUT2D eigenvalue weighted by Crippen LogP contribution is 2.25. The van der Waals surface area contributed by atoms with Crippen LogP contribution in [0, 0.1) is 0 Å². The number of piperidine rings is 1. The summed E-state index contributed by atoms with van der Waals surface area (Å²) in [7, 11) is 0. The Kier molecular flexibility index (Phi) is 3.42. The SMILES string of the molecule is OC1CCCN([C@@H]2CCCC[C@H]2O)C1. The molecule has 3 atom stereocenters. The molecule has 0 aromatic carbocycles. The van der Waals surface area contributed by atoms with Gasteiger partial charge in [-0.1, -0.05) is 12.8 Å². The van der Waals surface area contributed by atoms with Gasteiger partial charge in [0.15, 0.2) is 0 Å². The second-order valence-corrected chi connectivity index (χ2v) is 4.71. The van der Waals surface area contributed by atoms with Crippen molar-refractivity contribution >= 4 is 0 Å². The smallest absolute Gasteiger partial charge is 0.0695 e. The average molecular weight is 199 g/mol. The molecule has 1 aliphatic heterocycles. The molecule has 1 saturated carbocycles. The van der Waals surface area contributed by atoms with Crippen molar-refractivity contribution in [3.8, 4) is 0 Å². The van der Waals surface area contributed by atoms with E-state index >= 15 is 0 Å². The van der Waals surface area contributed by atoms with Crippen LogP contribution in [0.15, 0.2) is 0 Å². The number of hydrogen-bond acceptors (Lipinski definition) is 3. The standard InChI is InChI=1S/C11H21NO2/c13-9-4-3-7-12(8-9)10-5-1-2-6-11(10)14/h9-11,13-14H,1-8H2/t9?,10-,11-/m1/s1. The third-order valence-corrected chi connectivity index (χ3v) is 3.59. The Labute approximate surface area is 85.7 Å². The zero-order chi connectivity index (χ0) is 9.97. The third-order valence-electron chi connectivity index (χ3n) is 3.59. The summed E-state index contributed by atoms with van der Waals surface area (Å²) in [5.74, 6) is 0. The number of hydrogen-bond donors (Lipinski definition) is 2.